The van der Waals surface area contributed by atoms with Gasteiger partial charge in [0.15, 0.2) is 0 Å². The highest BCUT2D eigenvalue weighted by atomic mass is 16.2. The number of amides is 1. The second kappa shape index (κ2) is 8.90. The van der Waals surface area contributed by atoms with Crippen LogP contribution in [0.4, 0.5) is 5.69 Å². The lowest BCUT2D eigenvalue weighted by atomic mass is 9.80. The first-order valence-corrected chi connectivity index (χ1v) is 10.5. The van der Waals surface area contributed by atoms with Crippen LogP contribution in [-0.4, -0.2) is 42.0 Å². The fourth-order valence-corrected chi connectivity index (χ4v) is 4.56. The van der Waals surface area contributed by atoms with E-state index < -0.39 is 5.54 Å². The number of nitrogens with one attached hydrogen (secondary N) is 2. The van der Waals surface area contributed by atoms with E-state index in [9.17, 15) is 4.79 Å². The van der Waals surface area contributed by atoms with E-state index in [1.807, 2.05) is 0 Å². The molecule has 1 aromatic carbocycles. The van der Waals surface area contributed by atoms with E-state index in [1.54, 1.807) is 0 Å². The van der Waals surface area contributed by atoms with E-state index in [0.29, 0.717) is 6.04 Å². The smallest absolute Gasteiger partial charge is 0.245 e. The quantitative estimate of drug-likeness (QED) is 0.805. The van der Waals surface area contributed by atoms with Gasteiger partial charge in [-0.25, -0.2) is 0 Å². The maximum absolute atomic E-state index is 13.2. The molecule has 1 saturated heterocycles. The van der Waals surface area contributed by atoms with E-state index >= 15 is 0 Å². The van der Waals surface area contributed by atoms with E-state index in [-0.39, 0.29) is 5.91 Å². The Hall–Kier alpha value is -1.55. The number of anilines is 1. The summed E-state index contributed by atoms with van der Waals surface area (Å²) in [6.45, 7) is 7.35. The normalized spacial score (nSPS) is 23.4. The number of aryl methyl sites for hydroxylation is 1. The molecule has 0 aromatic heterocycles. The maximum atomic E-state index is 13.2. The van der Waals surface area contributed by atoms with Crippen LogP contribution in [0.25, 0.3) is 0 Å². The summed E-state index contributed by atoms with van der Waals surface area (Å²) < 4.78 is 0. The molecule has 1 atom stereocenters. The van der Waals surface area contributed by atoms with Crippen LogP contribution >= 0.6 is 0 Å². The molecule has 3 rings (SSSR count). The molecule has 1 aliphatic heterocycles. The summed E-state index contributed by atoms with van der Waals surface area (Å²) in [6, 6.07) is 8.91. The highest BCUT2D eigenvalue weighted by molar-refractivity contribution is 5.89. The molecule has 2 fully saturated rings. The Kier molecular flexibility index (Phi) is 6.58. The number of likely N-dealkylation sites (N-methyl/N-ethyl adjacent to an activating group) is 1. The van der Waals surface area contributed by atoms with Gasteiger partial charge in [0, 0.05) is 18.3 Å². The fourth-order valence-electron chi connectivity index (χ4n) is 4.56. The van der Waals surface area contributed by atoms with Crippen molar-refractivity contribution in [2.24, 2.45) is 0 Å². The summed E-state index contributed by atoms with van der Waals surface area (Å²) in [5.41, 5.74) is 1.86. The van der Waals surface area contributed by atoms with Crippen molar-refractivity contribution in [3.8, 4) is 0 Å². The number of rotatable bonds is 6. The van der Waals surface area contributed by atoms with Crippen LogP contribution in [0.2, 0.25) is 0 Å². The van der Waals surface area contributed by atoms with Crippen molar-refractivity contribution in [1.82, 2.24) is 10.2 Å². The van der Waals surface area contributed by atoms with Crippen LogP contribution in [0.1, 0.15) is 63.9 Å². The Morgan fingerprint density at radius 1 is 1.12 bits per heavy atom. The molecule has 4 heteroatoms. The van der Waals surface area contributed by atoms with Gasteiger partial charge in [-0.05, 0) is 57.8 Å². The molecular formula is C22H35N3O. The van der Waals surface area contributed by atoms with Gasteiger partial charge in [0.1, 0.15) is 5.54 Å². The second-order valence-electron chi connectivity index (χ2n) is 8.12. The van der Waals surface area contributed by atoms with Crippen molar-refractivity contribution in [3.63, 3.8) is 0 Å². The van der Waals surface area contributed by atoms with Crippen LogP contribution in [0, 0.1) is 6.92 Å². The molecule has 4 nitrogen and oxygen atoms in total. The van der Waals surface area contributed by atoms with Gasteiger partial charge >= 0.3 is 0 Å². The van der Waals surface area contributed by atoms with Gasteiger partial charge in [-0.2, -0.15) is 0 Å². The Balaban J connectivity index is 1.66. The lowest BCUT2D eigenvalue weighted by molar-refractivity contribution is -0.126. The Morgan fingerprint density at radius 3 is 2.54 bits per heavy atom. The standard InChI is InChI=1S/C22H35N3O/c1-3-25-16-8-5-9-20(25)17-23-21(26)22(14-6-4-7-15-22)24-19-12-10-18(2)11-13-19/h10-13,20,24H,3-9,14-17H2,1-2H3,(H,23,26). The van der Waals surface area contributed by atoms with Crippen LogP contribution in [0.5, 0.6) is 0 Å². The molecule has 0 radical (unpaired) electrons. The molecule has 1 aliphatic carbocycles. The topological polar surface area (TPSA) is 44.4 Å². The molecule has 144 valence electrons. The molecular weight excluding hydrogens is 322 g/mol. The molecule has 1 heterocycles. The summed E-state index contributed by atoms with van der Waals surface area (Å²) in [4.78, 5) is 15.8. The molecule has 0 spiro atoms. The first-order valence-electron chi connectivity index (χ1n) is 10.5. The highest BCUT2D eigenvalue weighted by Crippen LogP contribution is 2.32. The first kappa shape index (κ1) is 19.2. The van der Waals surface area contributed by atoms with Crippen molar-refractivity contribution in [3.05, 3.63) is 29.8 Å². The van der Waals surface area contributed by atoms with Gasteiger partial charge in [0.2, 0.25) is 5.91 Å². The lowest BCUT2D eigenvalue weighted by Gasteiger charge is -2.39. The third kappa shape index (κ3) is 4.59. The predicted molar refractivity (Wildman–Crippen MR) is 109 cm³/mol. The first-order chi connectivity index (χ1) is 12.6. The number of carbonyl (C=O) groups is 1. The molecule has 2 aliphatic rings. The Labute approximate surface area is 158 Å². The van der Waals surface area contributed by atoms with E-state index in [0.717, 1.165) is 44.5 Å². The molecule has 1 amide bonds. The monoisotopic (exact) mass is 357 g/mol. The van der Waals surface area contributed by atoms with Gasteiger partial charge in [0.05, 0.1) is 0 Å². The van der Waals surface area contributed by atoms with Crippen LogP contribution in [0.15, 0.2) is 24.3 Å². The number of benzene rings is 1. The number of hydrogen-bond donors (Lipinski definition) is 2. The summed E-state index contributed by atoms with van der Waals surface area (Å²) in [7, 11) is 0. The zero-order valence-electron chi connectivity index (χ0n) is 16.5. The van der Waals surface area contributed by atoms with E-state index in [2.05, 4.69) is 53.6 Å². The third-order valence-electron chi connectivity index (χ3n) is 6.23. The summed E-state index contributed by atoms with van der Waals surface area (Å²) in [5.74, 6) is 0.194. The van der Waals surface area contributed by atoms with Crippen molar-refractivity contribution in [1.29, 1.82) is 0 Å². The van der Waals surface area contributed by atoms with E-state index in [1.165, 1.54) is 37.8 Å². The van der Waals surface area contributed by atoms with Crippen LogP contribution in [0.3, 0.4) is 0 Å². The van der Waals surface area contributed by atoms with Crippen molar-refractivity contribution < 1.29 is 4.79 Å². The van der Waals surface area contributed by atoms with Crippen LogP contribution < -0.4 is 10.6 Å². The molecule has 1 saturated carbocycles. The number of piperidine rings is 1. The highest BCUT2D eigenvalue weighted by Gasteiger charge is 2.39. The predicted octanol–water partition coefficient (Wildman–Crippen LogP) is 4.10. The SMILES string of the molecule is CCN1CCCCC1CNC(=O)C1(Nc2ccc(C)cc2)CCCCC1. The van der Waals surface area contributed by atoms with Crippen molar-refractivity contribution in [2.45, 2.75) is 76.8 Å². The maximum Gasteiger partial charge on any atom is 0.245 e. The largest absolute Gasteiger partial charge is 0.371 e. The van der Waals surface area contributed by atoms with Gasteiger partial charge < -0.3 is 10.6 Å². The molecule has 2 N–H and O–H groups in total. The lowest BCUT2D eigenvalue weighted by Crippen LogP contribution is -2.56. The van der Waals surface area contributed by atoms with Crippen LogP contribution in [-0.2, 0) is 4.79 Å². The van der Waals surface area contributed by atoms with E-state index in [4.69, 9.17) is 0 Å². The minimum Gasteiger partial charge on any atom is -0.371 e. The fraction of sp³-hybridized carbons (Fsp3) is 0.682. The summed E-state index contributed by atoms with van der Waals surface area (Å²) >= 11 is 0. The van der Waals surface area contributed by atoms with Gasteiger partial charge in [-0.15, -0.1) is 0 Å². The summed E-state index contributed by atoms with van der Waals surface area (Å²) in [6.07, 6.45) is 9.10. The van der Waals surface area contributed by atoms with Gasteiger partial charge in [0.25, 0.3) is 0 Å². The minimum absolute atomic E-state index is 0.194. The Morgan fingerprint density at radius 2 is 1.85 bits per heavy atom. The molecule has 1 aromatic rings. The van der Waals surface area contributed by atoms with Crippen molar-refractivity contribution >= 4 is 11.6 Å². The zero-order chi connectivity index (χ0) is 18.4. The van der Waals surface area contributed by atoms with Gasteiger partial charge in [-0.3, -0.25) is 9.69 Å². The average molecular weight is 358 g/mol. The zero-order valence-corrected chi connectivity index (χ0v) is 16.5. The minimum atomic E-state index is -0.445. The number of nitrogens with zero attached hydrogens (tertiary/aromatic N) is 1. The number of likely N-dealkylation sites (tertiary alicyclic amines) is 1. The molecule has 0 bridgehead atoms. The third-order valence-corrected chi connectivity index (χ3v) is 6.23. The number of hydrogen-bond acceptors (Lipinski definition) is 3. The summed E-state index contributed by atoms with van der Waals surface area (Å²) in [5, 5.41) is 6.92. The second-order valence-corrected chi connectivity index (χ2v) is 8.12. The Bertz CT molecular complexity index is 578. The van der Waals surface area contributed by atoms with Gasteiger partial charge in [-0.1, -0.05) is 50.3 Å². The number of carbonyl (C=O) groups excluding carboxylic acids is 1. The van der Waals surface area contributed by atoms with Crippen molar-refractivity contribution in [2.75, 3.05) is 25.0 Å². The molecule has 1 unspecified atom stereocenters. The molecule has 26 heavy (non-hydrogen) atoms. The average Bonchev–Trinajstić information content (AvgIpc) is 2.69.